The summed E-state index contributed by atoms with van der Waals surface area (Å²) < 4.78 is 42.0. The van der Waals surface area contributed by atoms with E-state index in [1.165, 1.54) is 18.4 Å². The lowest BCUT2D eigenvalue weighted by molar-refractivity contribution is -0.136. The first kappa shape index (κ1) is 17.1. The maximum Gasteiger partial charge on any atom is 0.389 e. The van der Waals surface area contributed by atoms with Crippen molar-refractivity contribution in [2.24, 2.45) is 0 Å². The van der Waals surface area contributed by atoms with E-state index < -0.39 is 12.6 Å². The van der Waals surface area contributed by atoms with Gasteiger partial charge in [0.05, 0.1) is 6.61 Å². The summed E-state index contributed by atoms with van der Waals surface area (Å²) in [6.07, 6.45) is 0.508. The van der Waals surface area contributed by atoms with Crippen LogP contribution in [-0.4, -0.2) is 42.3 Å². The highest BCUT2D eigenvalue weighted by Gasteiger charge is 2.26. The molecule has 0 aliphatic carbocycles. The number of benzene rings is 1. The first-order valence-electron chi connectivity index (χ1n) is 8.42. The number of fused-ring (bicyclic) bond motifs is 1. The third-order valence-electron chi connectivity index (χ3n) is 4.74. The van der Waals surface area contributed by atoms with Crippen molar-refractivity contribution >= 4 is 10.9 Å². The van der Waals surface area contributed by atoms with Crippen LogP contribution in [0.2, 0.25) is 0 Å². The number of hydrogen-bond donors (Lipinski definition) is 1. The largest absolute Gasteiger partial charge is 0.494 e. The molecular weight excluding hydrogens is 317 g/mol. The topological polar surface area (TPSA) is 28.3 Å². The van der Waals surface area contributed by atoms with E-state index >= 15 is 0 Å². The molecule has 1 unspecified atom stereocenters. The molecule has 2 heterocycles. The smallest absolute Gasteiger partial charge is 0.389 e. The van der Waals surface area contributed by atoms with Crippen LogP contribution in [0.5, 0.6) is 5.75 Å². The predicted octanol–water partition coefficient (Wildman–Crippen LogP) is 4.53. The fourth-order valence-electron chi connectivity index (χ4n) is 3.37. The maximum absolute atomic E-state index is 12.2. The number of nitrogens with zero attached hydrogens (tertiary/aromatic N) is 1. The van der Waals surface area contributed by atoms with Crippen LogP contribution in [-0.2, 0) is 6.42 Å². The van der Waals surface area contributed by atoms with Crippen molar-refractivity contribution in [3.8, 4) is 5.75 Å². The number of H-pyrrole nitrogens is 1. The molecule has 1 atom stereocenters. The first-order chi connectivity index (χ1) is 11.4. The Morgan fingerprint density at radius 3 is 2.88 bits per heavy atom. The summed E-state index contributed by atoms with van der Waals surface area (Å²) in [7, 11) is 2.15. The molecule has 132 valence electrons. The van der Waals surface area contributed by atoms with Gasteiger partial charge in [-0.15, -0.1) is 0 Å². The fourth-order valence-corrected chi connectivity index (χ4v) is 3.37. The number of halogens is 3. The molecule has 3 rings (SSSR count). The van der Waals surface area contributed by atoms with Gasteiger partial charge in [0.25, 0.3) is 0 Å². The highest BCUT2D eigenvalue weighted by molar-refractivity contribution is 5.84. The molecule has 1 aromatic carbocycles. The molecule has 0 spiro atoms. The minimum absolute atomic E-state index is 0.0194. The number of likely N-dealkylation sites (tertiary alicyclic amines) is 1. The number of ether oxygens (including phenoxy) is 1. The Morgan fingerprint density at radius 2 is 2.17 bits per heavy atom. The van der Waals surface area contributed by atoms with Gasteiger partial charge in [-0.25, -0.2) is 0 Å². The Morgan fingerprint density at radius 1 is 1.33 bits per heavy atom. The van der Waals surface area contributed by atoms with Crippen LogP contribution in [0, 0.1) is 0 Å². The zero-order valence-electron chi connectivity index (χ0n) is 13.8. The lowest BCUT2D eigenvalue weighted by Crippen LogP contribution is -2.26. The SMILES string of the molecule is CN1CCCC1Cc1c[nH]c2ccc(OCCCC(F)(F)F)cc12. The number of likely N-dealkylation sites (N-methyl/N-ethyl adjacent to an activating group) is 1. The van der Waals surface area contributed by atoms with Gasteiger partial charge in [0.2, 0.25) is 0 Å². The van der Waals surface area contributed by atoms with E-state index in [2.05, 4.69) is 16.9 Å². The molecule has 0 bridgehead atoms. The Kier molecular flexibility index (Phi) is 5.04. The third kappa shape index (κ3) is 4.23. The second-order valence-electron chi connectivity index (χ2n) is 6.57. The number of aromatic nitrogens is 1. The number of alkyl halides is 3. The molecule has 1 aliphatic rings. The fraction of sp³-hybridized carbons (Fsp3) is 0.556. The van der Waals surface area contributed by atoms with Gasteiger partial charge in [0.15, 0.2) is 0 Å². The van der Waals surface area contributed by atoms with E-state index in [0.29, 0.717) is 11.8 Å². The molecule has 24 heavy (non-hydrogen) atoms. The van der Waals surface area contributed by atoms with Crippen LogP contribution < -0.4 is 4.74 Å². The summed E-state index contributed by atoms with van der Waals surface area (Å²) in [4.78, 5) is 5.65. The van der Waals surface area contributed by atoms with E-state index in [9.17, 15) is 13.2 Å². The van der Waals surface area contributed by atoms with Crippen molar-refractivity contribution in [1.29, 1.82) is 0 Å². The molecule has 3 nitrogen and oxygen atoms in total. The minimum atomic E-state index is -4.12. The van der Waals surface area contributed by atoms with Crippen LogP contribution in [0.25, 0.3) is 10.9 Å². The maximum atomic E-state index is 12.2. The molecule has 2 aromatic rings. The average molecular weight is 340 g/mol. The highest BCUT2D eigenvalue weighted by atomic mass is 19.4. The van der Waals surface area contributed by atoms with Gasteiger partial charge < -0.3 is 14.6 Å². The van der Waals surface area contributed by atoms with Crippen molar-refractivity contribution in [2.45, 2.75) is 44.3 Å². The summed E-state index contributed by atoms with van der Waals surface area (Å²) in [5.41, 5.74) is 2.28. The highest BCUT2D eigenvalue weighted by Crippen LogP contribution is 2.28. The molecule has 0 amide bonds. The molecule has 1 aliphatic heterocycles. The zero-order valence-corrected chi connectivity index (χ0v) is 13.8. The van der Waals surface area contributed by atoms with E-state index in [0.717, 1.165) is 23.9 Å². The third-order valence-corrected chi connectivity index (χ3v) is 4.74. The van der Waals surface area contributed by atoms with Crippen molar-refractivity contribution < 1.29 is 17.9 Å². The van der Waals surface area contributed by atoms with Gasteiger partial charge >= 0.3 is 6.18 Å². The predicted molar refractivity (Wildman–Crippen MR) is 88.4 cm³/mol. The quantitative estimate of drug-likeness (QED) is 0.783. The van der Waals surface area contributed by atoms with Crippen LogP contribution >= 0.6 is 0 Å². The summed E-state index contributed by atoms with van der Waals surface area (Å²) in [5.74, 6) is 0.630. The van der Waals surface area contributed by atoms with Gasteiger partial charge in [0, 0.05) is 29.6 Å². The lowest BCUT2D eigenvalue weighted by Gasteiger charge is -2.18. The van der Waals surface area contributed by atoms with Crippen molar-refractivity contribution in [1.82, 2.24) is 9.88 Å². The number of nitrogens with one attached hydrogen (secondary N) is 1. The molecule has 0 saturated carbocycles. The summed E-state index contributed by atoms with van der Waals surface area (Å²) >= 11 is 0. The summed E-state index contributed by atoms with van der Waals surface area (Å²) in [6, 6.07) is 6.22. The normalized spacial score (nSPS) is 19.2. The molecule has 1 aromatic heterocycles. The van der Waals surface area contributed by atoms with Crippen molar-refractivity contribution in [3.05, 3.63) is 30.0 Å². The Hall–Kier alpha value is -1.69. The van der Waals surface area contributed by atoms with E-state index in [-0.39, 0.29) is 13.0 Å². The van der Waals surface area contributed by atoms with Gasteiger partial charge in [-0.3, -0.25) is 0 Å². The lowest BCUT2D eigenvalue weighted by atomic mass is 10.0. The van der Waals surface area contributed by atoms with E-state index in [1.807, 2.05) is 18.3 Å². The number of rotatable bonds is 6. The summed E-state index contributed by atoms with van der Waals surface area (Å²) in [6.45, 7) is 1.22. The van der Waals surface area contributed by atoms with E-state index in [4.69, 9.17) is 4.74 Å². The number of aromatic amines is 1. The average Bonchev–Trinajstić information content (AvgIpc) is 3.10. The van der Waals surface area contributed by atoms with Crippen molar-refractivity contribution in [3.63, 3.8) is 0 Å². The van der Waals surface area contributed by atoms with Crippen LogP contribution in [0.4, 0.5) is 13.2 Å². The minimum Gasteiger partial charge on any atom is -0.494 e. The number of hydrogen-bond acceptors (Lipinski definition) is 2. The molecule has 1 saturated heterocycles. The second-order valence-corrected chi connectivity index (χ2v) is 6.57. The van der Waals surface area contributed by atoms with Crippen LogP contribution in [0.1, 0.15) is 31.2 Å². The summed E-state index contributed by atoms with van der Waals surface area (Å²) in [5, 5.41) is 1.10. The molecule has 0 radical (unpaired) electrons. The zero-order chi connectivity index (χ0) is 17.2. The van der Waals surface area contributed by atoms with Gasteiger partial charge in [0.1, 0.15) is 5.75 Å². The van der Waals surface area contributed by atoms with Crippen LogP contribution in [0.3, 0.4) is 0 Å². The molecular formula is C18H23F3N2O. The molecule has 6 heteroatoms. The Labute approximate surface area is 139 Å². The Bertz CT molecular complexity index is 680. The van der Waals surface area contributed by atoms with Crippen LogP contribution in [0.15, 0.2) is 24.4 Å². The first-order valence-corrected chi connectivity index (χ1v) is 8.42. The van der Waals surface area contributed by atoms with E-state index in [1.54, 1.807) is 6.07 Å². The van der Waals surface area contributed by atoms with Gasteiger partial charge in [-0.1, -0.05) is 0 Å². The molecule has 1 N–H and O–H groups in total. The van der Waals surface area contributed by atoms with Gasteiger partial charge in [-0.2, -0.15) is 13.2 Å². The monoisotopic (exact) mass is 340 g/mol. The van der Waals surface area contributed by atoms with Gasteiger partial charge in [-0.05, 0) is 63.0 Å². The Balaban J connectivity index is 1.65. The second kappa shape index (κ2) is 7.05. The standard InChI is InChI=1S/C18H23F3N2O/c1-23-8-2-4-14(23)10-13-12-22-17-6-5-15(11-16(13)17)24-9-3-7-18(19,20)21/h5-6,11-12,14,22H,2-4,7-10H2,1H3. The molecule has 1 fully saturated rings. The van der Waals surface area contributed by atoms with Crippen molar-refractivity contribution in [2.75, 3.05) is 20.2 Å².